The van der Waals surface area contributed by atoms with Gasteiger partial charge in [-0.05, 0) is 0 Å². The van der Waals surface area contributed by atoms with E-state index in [0.717, 1.165) is 5.69 Å². The van der Waals surface area contributed by atoms with E-state index in [4.69, 9.17) is 9.63 Å². The number of aliphatic carboxylic acids is 1. The fourth-order valence-electron chi connectivity index (χ4n) is 1.76. The lowest BCUT2D eigenvalue weighted by molar-refractivity contribution is -0.133. The van der Waals surface area contributed by atoms with E-state index in [9.17, 15) is 4.79 Å². The highest BCUT2D eigenvalue weighted by atomic mass is 32.2. The van der Waals surface area contributed by atoms with Crippen molar-refractivity contribution >= 4 is 17.7 Å². The Kier molecular flexibility index (Phi) is 4.12. The Morgan fingerprint density at radius 1 is 1.45 bits per heavy atom. The Bertz CT molecular complexity index is 586. The molecule has 0 spiro atoms. The van der Waals surface area contributed by atoms with Crippen LogP contribution in [0.5, 0.6) is 0 Å². The minimum atomic E-state index is -0.874. The third-order valence-corrected chi connectivity index (χ3v) is 3.59. The highest BCUT2D eigenvalue weighted by Gasteiger charge is 2.23. The number of hydrogen-bond acceptors (Lipinski definition) is 6. The molecule has 108 valence electrons. The molecule has 0 aromatic carbocycles. The number of carboxylic acid groups (broad SMARTS) is 1. The topological polar surface area (TPSA) is 94.0 Å². The molecule has 0 aliphatic heterocycles. The van der Waals surface area contributed by atoms with Crippen LogP contribution in [0.3, 0.4) is 0 Å². The van der Waals surface area contributed by atoms with E-state index in [-0.39, 0.29) is 11.2 Å². The van der Waals surface area contributed by atoms with Crippen molar-refractivity contribution in [2.75, 3.05) is 5.75 Å². The zero-order valence-electron chi connectivity index (χ0n) is 11.5. The lowest BCUT2D eigenvalue weighted by atomic mass is 9.92. The molecule has 0 bridgehead atoms. The van der Waals surface area contributed by atoms with Gasteiger partial charge in [-0.3, -0.25) is 4.79 Å². The molecule has 0 unspecified atom stereocenters. The zero-order chi connectivity index (χ0) is 14.8. The Morgan fingerprint density at radius 3 is 2.75 bits per heavy atom. The average molecular weight is 296 g/mol. The predicted molar refractivity (Wildman–Crippen MR) is 72.7 cm³/mol. The molecule has 2 rings (SSSR count). The first-order chi connectivity index (χ1) is 9.38. The van der Waals surface area contributed by atoms with E-state index in [1.165, 1.54) is 18.2 Å². The maximum absolute atomic E-state index is 10.7. The average Bonchev–Trinajstić information content (AvgIpc) is 2.95. The normalized spacial score (nSPS) is 11.8. The molecule has 1 N–H and O–H groups in total. The Morgan fingerprint density at radius 2 is 2.20 bits per heavy atom. The van der Waals surface area contributed by atoms with Crippen molar-refractivity contribution < 1.29 is 14.4 Å². The molecule has 8 heteroatoms. The van der Waals surface area contributed by atoms with E-state index in [0.29, 0.717) is 17.5 Å². The second kappa shape index (κ2) is 5.66. The second-order valence-electron chi connectivity index (χ2n) is 5.29. The van der Waals surface area contributed by atoms with Crippen molar-refractivity contribution in [3.63, 3.8) is 0 Å². The molecular weight excluding hydrogens is 280 g/mol. The first-order valence-electron chi connectivity index (χ1n) is 6.04. The number of imidazole rings is 1. The van der Waals surface area contributed by atoms with E-state index >= 15 is 0 Å². The second-order valence-corrected chi connectivity index (χ2v) is 6.23. The van der Waals surface area contributed by atoms with Gasteiger partial charge in [0.1, 0.15) is 0 Å². The van der Waals surface area contributed by atoms with Crippen LogP contribution in [-0.2, 0) is 16.8 Å². The van der Waals surface area contributed by atoms with Gasteiger partial charge in [0.05, 0.1) is 12.3 Å². The molecule has 2 aromatic heterocycles. The molecule has 0 fully saturated rings. The molecule has 0 radical (unpaired) electrons. The van der Waals surface area contributed by atoms with Crippen LogP contribution in [0.25, 0.3) is 0 Å². The van der Waals surface area contributed by atoms with E-state index in [2.05, 4.69) is 35.9 Å². The summed E-state index contributed by atoms with van der Waals surface area (Å²) in [5.74, 6) is -0.376. The standard InChI is InChI=1S/C12H16N4O3S/c1-12(2,3)8-4-13-11(20-6-10(17)18)16(8)5-9-14-7-19-15-9/h4,7H,5-6H2,1-3H3,(H,17,18). The number of carbonyl (C=O) groups is 1. The van der Waals surface area contributed by atoms with Gasteiger partial charge in [-0.1, -0.05) is 37.7 Å². The largest absolute Gasteiger partial charge is 0.481 e. The van der Waals surface area contributed by atoms with Gasteiger partial charge in [0.15, 0.2) is 11.0 Å². The molecule has 0 atom stereocenters. The SMILES string of the molecule is CC(C)(C)c1cnc(SCC(=O)O)n1Cc1ncon1. The Balaban J connectivity index is 2.32. The monoisotopic (exact) mass is 296 g/mol. The van der Waals surface area contributed by atoms with Crippen LogP contribution in [0.4, 0.5) is 0 Å². The van der Waals surface area contributed by atoms with Gasteiger partial charge in [0, 0.05) is 17.3 Å². The summed E-state index contributed by atoms with van der Waals surface area (Å²) in [6, 6.07) is 0. The summed E-state index contributed by atoms with van der Waals surface area (Å²) < 4.78 is 6.66. The van der Waals surface area contributed by atoms with Crippen molar-refractivity contribution in [2.45, 2.75) is 37.9 Å². The number of rotatable bonds is 5. The van der Waals surface area contributed by atoms with Crippen molar-refractivity contribution in [3.8, 4) is 0 Å². The zero-order valence-corrected chi connectivity index (χ0v) is 12.3. The van der Waals surface area contributed by atoms with Gasteiger partial charge >= 0.3 is 5.97 Å². The maximum Gasteiger partial charge on any atom is 0.313 e. The van der Waals surface area contributed by atoms with Crippen molar-refractivity contribution in [1.82, 2.24) is 19.7 Å². The summed E-state index contributed by atoms with van der Waals surface area (Å²) >= 11 is 1.18. The number of thioether (sulfide) groups is 1. The third kappa shape index (κ3) is 3.38. The van der Waals surface area contributed by atoms with Crippen LogP contribution < -0.4 is 0 Å². The summed E-state index contributed by atoms with van der Waals surface area (Å²) in [5, 5.41) is 13.2. The van der Waals surface area contributed by atoms with Crippen molar-refractivity contribution in [3.05, 3.63) is 24.1 Å². The molecule has 0 saturated heterocycles. The summed E-state index contributed by atoms with van der Waals surface area (Å²) in [5.41, 5.74) is 0.883. The molecule has 0 amide bonds. The molecule has 20 heavy (non-hydrogen) atoms. The molecular formula is C12H16N4O3S. The molecule has 2 aromatic rings. The molecule has 0 aliphatic carbocycles. The maximum atomic E-state index is 10.7. The van der Waals surface area contributed by atoms with Gasteiger partial charge in [-0.2, -0.15) is 4.98 Å². The highest BCUT2D eigenvalue weighted by molar-refractivity contribution is 7.99. The van der Waals surface area contributed by atoms with Gasteiger partial charge in [0.25, 0.3) is 0 Å². The van der Waals surface area contributed by atoms with E-state index in [1.54, 1.807) is 6.20 Å². The number of aromatic nitrogens is 4. The van der Waals surface area contributed by atoms with Gasteiger partial charge in [-0.15, -0.1) is 0 Å². The highest BCUT2D eigenvalue weighted by Crippen LogP contribution is 2.27. The lowest BCUT2D eigenvalue weighted by Crippen LogP contribution is -2.19. The van der Waals surface area contributed by atoms with Crippen LogP contribution in [0.15, 0.2) is 22.3 Å². The Labute approximate surface area is 120 Å². The fraction of sp³-hybridized carbons (Fsp3) is 0.500. The van der Waals surface area contributed by atoms with Crippen LogP contribution in [-0.4, -0.2) is 36.5 Å². The first-order valence-corrected chi connectivity index (χ1v) is 7.02. The summed E-state index contributed by atoms with van der Waals surface area (Å²) in [6.07, 6.45) is 3.04. The van der Waals surface area contributed by atoms with Crippen LogP contribution in [0.1, 0.15) is 32.3 Å². The minimum absolute atomic E-state index is 0.0349. The molecule has 0 saturated carbocycles. The third-order valence-electron chi connectivity index (χ3n) is 2.62. The Hall–Kier alpha value is -1.83. The lowest BCUT2D eigenvalue weighted by Gasteiger charge is -2.20. The van der Waals surface area contributed by atoms with Crippen LogP contribution >= 0.6 is 11.8 Å². The summed E-state index contributed by atoms with van der Waals surface area (Å²) in [4.78, 5) is 19.0. The first kappa shape index (κ1) is 14.6. The van der Waals surface area contributed by atoms with Crippen molar-refractivity contribution in [2.24, 2.45) is 0 Å². The molecule has 2 heterocycles. The number of nitrogens with zero attached hydrogens (tertiary/aromatic N) is 4. The van der Waals surface area contributed by atoms with Gasteiger partial charge in [-0.25, -0.2) is 4.98 Å². The quantitative estimate of drug-likeness (QED) is 0.840. The van der Waals surface area contributed by atoms with E-state index < -0.39 is 5.97 Å². The van der Waals surface area contributed by atoms with Crippen LogP contribution in [0.2, 0.25) is 0 Å². The summed E-state index contributed by atoms with van der Waals surface area (Å²) in [7, 11) is 0. The fourth-order valence-corrected chi connectivity index (χ4v) is 2.45. The predicted octanol–water partition coefficient (Wildman–Crippen LogP) is 1.79. The van der Waals surface area contributed by atoms with Crippen molar-refractivity contribution in [1.29, 1.82) is 0 Å². The number of hydrogen-bond donors (Lipinski definition) is 1. The van der Waals surface area contributed by atoms with Crippen LogP contribution in [0, 0.1) is 0 Å². The van der Waals surface area contributed by atoms with Gasteiger partial charge < -0.3 is 14.2 Å². The van der Waals surface area contributed by atoms with Gasteiger partial charge in [0.2, 0.25) is 6.39 Å². The minimum Gasteiger partial charge on any atom is -0.481 e. The smallest absolute Gasteiger partial charge is 0.313 e. The number of carboxylic acids is 1. The summed E-state index contributed by atoms with van der Waals surface area (Å²) in [6.45, 7) is 6.62. The molecule has 7 nitrogen and oxygen atoms in total. The molecule has 0 aliphatic rings. The van der Waals surface area contributed by atoms with E-state index in [1.807, 2.05) is 4.57 Å².